The standard InChI is InChI=1S/C24H20F3N5O5/c25-24(26,27)19-11-16(4-1-14(19)12-28)30-23-32-31-21(37-23)20(33)29-15-5-9-18(10-6-15)36-17-7-2-13(3-8-17)22(34)35/h1,4-6,9-11,13,17H,2-3,7-8H2,(H,29,33)(H,30,32)(H,34,35). The number of nitrogens with zero attached hydrogens (tertiary/aromatic N) is 3. The number of carboxylic acid groups (broad SMARTS) is 1. The summed E-state index contributed by atoms with van der Waals surface area (Å²) in [5, 5.41) is 30.2. The maximum Gasteiger partial charge on any atom is 0.417 e. The van der Waals surface area contributed by atoms with E-state index in [0.717, 1.165) is 12.1 Å². The zero-order valence-electron chi connectivity index (χ0n) is 19.1. The lowest BCUT2D eigenvalue weighted by molar-refractivity contribution is -0.143. The fourth-order valence-corrected chi connectivity index (χ4v) is 3.86. The molecule has 1 saturated carbocycles. The number of hydrogen-bond donors (Lipinski definition) is 3. The van der Waals surface area contributed by atoms with Crippen molar-refractivity contribution < 1.29 is 37.0 Å². The number of benzene rings is 2. The van der Waals surface area contributed by atoms with Gasteiger partial charge in [0.05, 0.1) is 29.2 Å². The minimum atomic E-state index is -4.73. The van der Waals surface area contributed by atoms with Crippen molar-refractivity contribution in [3.05, 3.63) is 59.5 Å². The van der Waals surface area contributed by atoms with E-state index in [1.807, 2.05) is 0 Å². The molecule has 1 fully saturated rings. The SMILES string of the molecule is N#Cc1ccc(Nc2nnc(C(=O)Nc3ccc(OC4CCC(C(=O)O)CC4)cc3)o2)cc1C(F)(F)F. The molecule has 0 saturated heterocycles. The quantitative estimate of drug-likeness (QED) is 0.396. The van der Waals surface area contributed by atoms with Crippen molar-refractivity contribution in [1.29, 1.82) is 5.26 Å². The minimum Gasteiger partial charge on any atom is -0.490 e. The van der Waals surface area contributed by atoms with Crippen molar-refractivity contribution in [3.63, 3.8) is 0 Å². The predicted molar refractivity (Wildman–Crippen MR) is 122 cm³/mol. The third kappa shape index (κ3) is 6.35. The normalized spacial score (nSPS) is 17.5. The number of carboxylic acids is 1. The Bertz CT molecular complexity index is 1330. The van der Waals surface area contributed by atoms with Crippen molar-refractivity contribution in [2.24, 2.45) is 5.92 Å². The molecule has 1 aromatic heterocycles. The Morgan fingerprint density at radius 1 is 1.05 bits per heavy atom. The number of aliphatic carboxylic acids is 1. The monoisotopic (exact) mass is 515 g/mol. The Labute approximate surface area is 208 Å². The first-order valence-corrected chi connectivity index (χ1v) is 11.1. The number of nitriles is 1. The fourth-order valence-electron chi connectivity index (χ4n) is 3.86. The van der Waals surface area contributed by atoms with Crippen LogP contribution in [0.5, 0.6) is 5.75 Å². The van der Waals surface area contributed by atoms with Crippen LogP contribution in [0, 0.1) is 17.2 Å². The van der Waals surface area contributed by atoms with Crippen LogP contribution in [0.4, 0.5) is 30.6 Å². The number of anilines is 3. The van der Waals surface area contributed by atoms with Crippen molar-refractivity contribution >= 4 is 29.3 Å². The molecular weight excluding hydrogens is 495 g/mol. The van der Waals surface area contributed by atoms with E-state index in [9.17, 15) is 22.8 Å². The molecule has 0 bridgehead atoms. The number of carbonyl (C=O) groups excluding carboxylic acids is 1. The second-order valence-corrected chi connectivity index (χ2v) is 8.32. The fraction of sp³-hybridized carbons (Fsp3) is 0.292. The molecule has 1 amide bonds. The highest BCUT2D eigenvalue weighted by Crippen LogP contribution is 2.34. The van der Waals surface area contributed by atoms with E-state index >= 15 is 0 Å². The molecule has 2 aromatic carbocycles. The largest absolute Gasteiger partial charge is 0.490 e. The number of rotatable bonds is 7. The van der Waals surface area contributed by atoms with Crippen molar-refractivity contribution in [2.45, 2.75) is 38.0 Å². The van der Waals surface area contributed by atoms with Gasteiger partial charge >= 0.3 is 30.0 Å². The Hall–Kier alpha value is -4.60. The summed E-state index contributed by atoms with van der Waals surface area (Å²) in [5.74, 6) is -1.71. The van der Waals surface area contributed by atoms with Gasteiger partial charge in [-0.1, -0.05) is 5.10 Å². The zero-order chi connectivity index (χ0) is 26.6. The van der Waals surface area contributed by atoms with Crippen LogP contribution in [-0.2, 0) is 11.0 Å². The van der Waals surface area contributed by atoms with Crippen molar-refractivity contribution in [3.8, 4) is 11.8 Å². The molecule has 37 heavy (non-hydrogen) atoms. The van der Waals surface area contributed by atoms with E-state index in [-0.39, 0.29) is 23.7 Å². The molecule has 0 atom stereocenters. The van der Waals surface area contributed by atoms with Crippen molar-refractivity contribution in [2.75, 3.05) is 10.6 Å². The molecule has 1 heterocycles. The van der Waals surface area contributed by atoms with Crippen LogP contribution >= 0.6 is 0 Å². The lowest BCUT2D eigenvalue weighted by atomic mass is 9.87. The highest BCUT2D eigenvalue weighted by Gasteiger charge is 2.34. The van der Waals surface area contributed by atoms with Gasteiger partial charge in [-0.2, -0.15) is 18.4 Å². The van der Waals surface area contributed by atoms with Crippen LogP contribution in [-0.4, -0.2) is 33.3 Å². The maximum atomic E-state index is 13.1. The second-order valence-electron chi connectivity index (χ2n) is 8.32. The zero-order valence-corrected chi connectivity index (χ0v) is 19.1. The first kappa shape index (κ1) is 25.5. The van der Waals surface area contributed by atoms with E-state index < -0.39 is 35.1 Å². The number of hydrogen-bond acceptors (Lipinski definition) is 8. The van der Waals surface area contributed by atoms with Crippen LogP contribution in [0.15, 0.2) is 46.9 Å². The van der Waals surface area contributed by atoms with Crippen LogP contribution in [0.2, 0.25) is 0 Å². The van der Waals surface area contributed by atoms with Gasteiger partial charge in [-0.05, 0) is 68.1 Å². The Morgan fingerprint density at radius 3 is 2.35 bits per heavy atom. The molecule has 4 rings (SSSR count). The Morgan fingerprint density at radius 2 is 1.73 bits per heavy atom. The van der Waals surface area contributed by atoms with E-state index in [0.29, 0.717) is 37.1 Å². The summed E-state index contributed by atoms with van der Waals surface area (Å²) in [7, 11) is 0. The molecule has 1 aliphatic rings. The molecule has 0 aliphatic heterocycles. The summed E-state index contributed by atoms with van der Waals surface area (Å²) in [6.07, 6.45) is -2.41. The number of aromatic nitrogens is 2. The lowest BCUT2D eigenvalue weighted by Crippen LogP contribution is -2.27. The average Bonchev–Trinajstić information content (AvgIpc) is 3.33. The van der Waals surface area contributed by atoms with Gasteiger partial charge in [-0.3, -0.25) is 9.59 Å². The number of ether oxygens (including phenoxy) is 1. The molecule has 1 aliphatic carbocycles. The first-order chi connectivity index (χ1) is 17.6. The molecule has 192 valence electrons. The number of amides is 1. The average molecular weight is 515 g/mol. The molecule has 3 N–H and O–H groups in total. The van der Waals surface area contributed by atoms with Gasteiger partial charge in [-0.25, -0.2) is 0 Å². The summed E-state index contributed by atoms with van der Waals surface area (Å²) in [4.78, 5) is 23.5. The highest BCUT2D eigenvalue weighted by atomic mass is 19.4. The van der Waals surface area contributed by atoms with E-state index in [1.165, 1.54) is 12.1 Å². The Balaban J connectivity index is 1.33. The smallest absolute Gasteiger partial charge is 0.417 e. The number of nitrogens with one attached hydrogen (secondary N) is 2. The number of carbonyl (C=O) groups is 2. The minimum absolute atomic E-state index is 0.0611. The van der Waals surface area contributed by atoms with Gasteiger partial charge in [0.15, 0.2) is 0 Å². The van der Waals surface area contributed by atoms with Crippen LogP contribution < -0.4 is 15.4 Å². The summed E-state index contributed by atoms with van der Waals surface area (Å²) >= 11 is 0. The second kappa shape index (κ2) is 10.6. The van der Waals surface area contributed by atoms with E-state index in [4.69, 9.17) is 19.5 Å². The predicted octanol–water partition coefficient (Wildman–Crippen LogP) is 4.98. The number of halogens is 3. The van der Waals surface area contributed by atoms with Gasteiger partial charge in [0, 0.05) is 11.4 Å². The molecule has 10 nitrogen and oxygen atoms in total. The van der Waals surface area contributed by atoms with Gasteiger partial charge in [-0.15, -0.1) is 5.10 Å². The topological polar surface area (TPSA) is 150 Å². The van der Waals surface area contributed by atoms with Crippen LogP contribution in [0.1, 0.15) is 47.5 Å². The Kier molecular flexibility index (Phi) is 7.28. The van der Waals surface area contributed by atoms with Crippen molar-refractivity contribution in [1.82, 2.24) is 10.2 Å². The summed E-state index contributed by atoms with van der Waals surface area (Å²) in [6.45, 7) is 0. The van der Waals surface area contributed by atoms with Crippen LogP contribution in [0.25, 0.3) is 0 Å². The maximum absolute atomic E-state index is 13.1. The molecule has 0 unspecified atom stereocenters. The molecule has 3 aromatic rings. The van der Waals surface area contributed by atoms with Gasteiger partial charge < -0.3 is 24.9 Å². The van der Waals surface area contributed by atoms with Gasteiger partial charge in [0.1, 0.15) is 5.75 Å². The third-order valence-electron chi connectivity index (χ3n) is 5.75. The first-order valence-electron chi connectivity index (χ1n) is 11.1. The van der Waals surface area contributed by atoms with Crippen LogP contribution in [0.3, 0.4) is 0 Å². The van der Waals surface area contributed by atoms with E-state index in [1.54, 1.807) is 24.3 Å². The summed E-state index contributed by atoms with van der Waals surface area (Å²) < 4.78 is 50.5. The number of alkyl halides is 3. The molecule has 0 spiro atoms. The summed E-state index contributed by atoms with van der Waals surface area (Å²) in [5.41, 5.74) is -1.32. The molecule has 13 heteroatoms. The van der Waals surface area contributed by atoms with E-state index in [2.05, 4.69) is 20.8 Å². The molecular formula is C24H20F3N5O5. The van der Waals surface area contributed by atoms with Gasteiger partial charge in [0.2, 0.25) is 0 Å². The lowest BCUT2D eigenvalue weighted by Gasteiger charge is -2.26. The summed E-state index contributed by atoms with van der Waals surface area (Å²) in [6, 6.07) is 10.6. The third-order valence-corrected chi connectivity index (χ3v) is 5.75. The highest BCUT2D eigenvalue weighted by molar-refractivity contribution is 6.00. The van der Waals surface area contributed by atoms with Gasteiger partial charge in [0.25, 0.3) is 0 Å². The molecule has 0 radical (unpaired) electrons.